The lowest BCUT2D eigenvalue weighted by Crippen LogP contribution is -2.19. The number of rotatable bonds is 8. The Hall–Kier alpha value is -1.26. The molecule has 4 nitrogen and oxygen atoms in total. The average molecular weight is 239 g/mol. The van der Waals surface area contributed by atoms with Gasteiger partial charge in [0.05, 0.1) is 20.8 Å². The Balaban J connectivity index is 2.49. The smallest absolute Gasteiger partial charge is 0.123 e. The van der Waals surface area contributed by atoms with E-state index in [1.165, 1.54) is 0 Å². The van der Waals surface area contributed by atoms with E-state index in [-0.39, 0.29) is 0 Å². The molecule has 4 heteroatoms. The van der Waals surface area contributed by atoms with E-state index >= 15 is 0 Å². The Morgan fingerprint density at radius 1 is 1.18 bits per heavy atom. The van der Waals surface area contributed by atoms with Crippen LogP contribution in [0.4, 0.5) is 0 Å². The van der Waals surface area contributed by atoms with Crippen molar-refractivity contribution in [1.29, 1.82) is 0 Å². The van der Waals surface area contributed by atoms with Crippen LogP contribution in [0.25, 0.3) is 0 Å². The normalized spacial score (nSPS) is 10.3. The maximum absolute atomic E-state index is 5.30. The number of nitrogens with one attached hydrogen (secondary N) is 1. The van der Waals surface area contributed by atoms with Gasteiger partial charge in [-0.2, -0.15) is 0 Å². The summed E-state index contributed by atoms with van der Waals surface area (Å²) < 4.78 is 15.7. The van der Waals surface area contributed by atoms with Gasteiger partial charge in [-0.25, -0.2) is 0 Å². The zero-order chi connectivity index (χ0) is 12.5. The van der Waals surface area contributed by atoms with Gasteiger partial charge in [0.25, 0.3) is 0 Å². The fraction of sp³-hybridized carbons (Fsp3) is 0.538. The summed E-state index contributed by atoms with van der Waals surface area (Å²) in [5.41, 5.74) is 1.09. The molecule has 0 aliphatic carbocycles. The molecule has 0 atom stereocenters. The second-order valence-corrected chi connectivity index (χ2v) is 3.55. The van der Waals surface area contributed by atoms with Crippen molar-refractivity contribution in [2.24, 2.45) is 0 Å². The third-order valence-electron chi connectivity index (χ3n) is 2.43. The van der Waals surface area contributed by atoms with Gasteiger partial charge in [0, 0.05) is 25.3 Å². The monoisotopic (exact) mass is 239 g/mol. The van der Waals surface area contributed by atoms with Crippen molar-refractivity contribution in [3.63, 3.8) is 0 Å². The minimum atomic E-state index is 0.725. The third-order valence-corrected chi connectivity index (χ3v) is 2.43. The molecule has 0 amide bonds. The molecule has 0 saturated carbocycles. The largest absolute Gasteiger partial charge is 0.497 e. The quantitative estimate of drug-likeness (QED) is 0.703. The molecule has 1 aromatic carbocycles. The fourth-order valence-electron chi connectivity index (χ4n) is 1.53. The van der Waals surface area contributed by atoms with Crippen molar-refractivity contribution in [2.75, 3.05) is 34.0 Å². The predicted octanol–water partition coefficient (Wildman–Crippen LogP) is 1.83. The van der Waals surface area contributed by atoms with E-state index in [1.54, 1.807) is 14.2 Å². The van der Waals surface area contributed by atoms with Crippen LogP contribution in [0, 0.1) is 0 Å². The molecule has 17 heavy (non-hydrogen) atoms. The molecule has 0 fully saturated rings. The number of hydrogen-bond acceptors (Lipinski definition) is 4. The second-order valence-electron chi connectivity index (χ2n) is 3.55. The maximum Gasteiger partial charge on any atom is 0.123 e. The molecule has 96 valence electrons. The van der Waals surface area contributed by atoms with Crippen LogP contribution in [0.15, 0.2) is 18.2 Å². The van der Waals surface area contributed by atoms with Gasteiger partial charge in [-0.15, -0.1) is 0 Å². The van der Waals surface area contributed by atoms with Gasteiger partial charge >= 0.3 is 0 Å². The van der Waals surface area contributed by atoms with Crippen LogP contribution in [0.1, 0.15) is 12.5 Å². The number of hydrogen-bond donors (Lipinski definition) is 1. The van der Waals surface area contributed by atoms with E-state index in [9.17, 15) is 0 Å². The first-order chi connectivity index (χ1) is 8.31. The lowest BCUT2D eigenvalue weighted by atomic mass is 10.2. The fourth-order valence-corrected chi connectivity index (χ4v) is 1.53. The van der Waals surface area contributed by atoms with E-state index in [0.29, 0.717) is 0 Å². The molecule has 0 saturated heterocycles. The molecule has 0 aromatic heterocycles. The topological polar surface area (TPSA) is 39.7 Å². The van der Waals surface area contributed by atoms with E-state index in [2.05, 4.69) is 5.32 Å². The van der Waals surface area contributed by atoms with Crippen LogP contribution in [0.5, 0.6) is 11.5 Å². The van der Waals surface area contributed by atoms with Crippen LogP contribution in [0.2, 0.25) is 0 Å². The summed E-state index contributed by atoms with van der Waals surface area (Å²) in [6, 6.07) is 5.79. The SMILES string of the molecule is CCOCCNCc1cc(OC)ccc1OC. The van der Waals surface area contributed by atoms with Crippen molar-refractivity contribution in [1.82, 2.24) is 5.32 Å². The summed E-state index contributed by atoms with van der Waals surface area (Å²) in [7, 11) is 3.33. The molecule has 1 aromatic rings. The first-order valence-electron chi connectivity index (χ1n) is 5.81. The van der Waals surface area contributed by atoms with Crippen LogP contribution in [0.3, 0.4) is 0 Å². The van der Waals surface area contributed by atoms with Gasteiger partial charge in [0.1, 0.15) is 11.5 Å². The van der Waals surface area contributed by atoms with E-state index in [4.69, 9.17) is 14.2 Å². The van der Waals surface area contributed by atoms with Crippen molar-refractivity contribution in [2.45, 2.75) is 13.5 Å². The highest BCUT2D eigenvalue weighted by molar-refractivity contribution is 5.40. The van der Waals surface area contributed by atoms with Gasteiger partial charge in [0.15, 0.2) is 0 Å². The van der Waals surface area contributed by atoms with E-state index in [1.807, 2.05) is 25.1 Å². The highest BCUT2D eigenvalue weighted by Crippen LogP contribution is 2.23. The van der Waals surface area contributed by atoms with Crippen molar-refractivity contribution >= 4 is 0 Å². The van der Waals surface area contributed by atoms with Crippen LogP contribution in [-0.2, 0) is 11.3 Å². The third kappa shape index (κ3) is 4.63. The molecule has 1 N–H and O–H groups in total. The Morgan fingerprint density at radius 3 is 2.65 bits per heavy atom. The minimum Gasteiger partial charge on any atom is -0.497 e. The van der Waals surface area contributed by atoms with E-state index in [0.717, 1.165) is 43.4 Å². The summed E-state index contributed by atoms with van der Waals surface area (Å²) in [6.07, 6.45) is 0. The molecular weight excluding hydrogens is 218 g/mol. The highest BCUT2D eigenvalue weighted by atomic mass is 16.5. The molecule has 0 radical (unpaired) electrons. The predicted molar refractivity (Wildman–Crippen MR) is 67.7 cm³/mol. The minimum absolute atomic E-state index is 0.725. The van der Waals surface area contributed by atoms with Crippen molar-refractivity contribution < 1.29 is 14.2 Å². The molecule has 0 bridgehead atoms. The maximum atomic E-state index is 5.30. The Bertz CT molecular complexity index is 328. The Morgan fingerprint density at radius 2 is 2.00 bits per heavy atom. The lowest BCUT2D eigenvalue weighted by Gasteiger charge is -2.11. The summed E-state index contributed by atoms with van der Waals surface area (Å²) in [4.78, 5) is 0. The summed E-state index contributed by atoms with van der Waals surface area (Å²) >= 11 is 0. The van der Waals surface area contributed by atoms with Gasteiger partial charge in [-0.1, -0.05) is 0 Å². The van der Waals surface area contributed by atoms with Crippen molar-refractivity contribution in [3.05, 3.63) is 23.8 Å². The molecule has 0 spiro atoms. The standard InChI is InChI=1S/C13H21NO3/c1-4-17-8-7-14-10-11-9-12(15-2)5-6-13(11)16-3/h5-6,9,14H,4,7-8,10H2,1-3H3. The molecule has 0 heterocycles. The number of methoxy groups -OCH3 is 2. The van der Waals surface area contributed by atoms with Gasteiger partial charge in [-0.3, -0.25) is 0 Å². The van der Waals surface area contributed by atoms with Crippen LogP contribution < -0.4 is 14.8 Å². The Kier molecular flexibility index (Phi) is 6.43. The zero-order valence-corrected chi connectivity index (χ0v) is 10.8. The zero-order valence-electron chi connectivity index (χ0n) is 10.8. The first-order valence-corrected chi connectivity index (χ1v) is 5.81. The second kappa shape index (κ2) is 7.92. The number of ether oxygens (including phenoxy) is 3. The molecule has 0 aliphatic heterocycles. The van der Waals surface area contributed by atoms with Gasteiger partial charge < -0.3 is 19.5 Å². The summed E-state index contributed by atoms with van der Waals surface area (Å²) in [5.74, 6) is 1.71. The molecular formula is C13H21NO3. The van der Waals surface area contributed by atoms with Gasteiger partial charge in [-0.05, 0) is 25.1 Å². The molecule has 1 rings (SSSR count). The van der Waals surface area contributed by atoms with Crippen LogP contribution >= 0.6 is 0 Å². The number of benzene rings is 1. The average Bonchev–Trinajstić information content (AvgIpc) is 2.38. The Labute approximate surface area is 103 Å². The highest BCUT2D eigenvalue weighted by Gasteiger charge is 2.04. The van der Waals surface area contributed by atoms with E-state index < -0.39 is 0 Å². The lowest BCUT2D eigenvalue weighted by molar-refractivity contribution is 0.149. The van der Waals surface area contributed by atoms with Crippen LogP contribution in [-0.4, -0.2) is 34.0 Å². The molecule has 0 unspecified atom stereocenters. The summed E-state index contributed by atoms with van der Waals surface area (Å²) in [5, 5.41) is 3.30. The van der Waals surface area contributed by atoms with Gasteiger partial charge in [0.2, 0.25) is 0 Å². The van der Waals surface area contributed by atoms with Crippen molar-refractivity contribution in [3.8, 4) is 11.5 Å². The molecule has 0 aliphatic rings. The first kappa shape index (κ1) is 13.8. The summed E-state index contributed by atoms with van der Waals surface area (Å²) in [6.45, 7) is 5.04.